The van der Waals surface area contributed by atoms with Crippen molar-refractivity contribution in [1.82, 2.24) is 4.90 Å². The van der Waals surface area contributed by atoms with Crippen molar-refractivity contribution in [3.8, 4) is 0 Å². The predicted octanol–water partition coefficient (Wildman–Crippen LogP) is 3.60. The zero-order valence-electron chi connectivity index (χ0n) is 12.9. The molecule has 0 aliphatic carbocycles. The third-order valence-corrected chi connectivity index (χ3v) is 4.41. The first-order chi connectivity index (χ1) is 10.2. The van der Waals surface area contributed by atoms with E-state index in [1.165, 1.54) is 0 Å². The quantitative estimate of drug-likeness (QED) is 0.919. The Kier molecular flexibility index (Phi) is 5.43. The zero-order chi connectivity index (χ0) is 14.8. The molecule has 0 radical (unpaired) electrons. The van der Waals surface area contributed by atoms with Crippen molar-refractivity contribution in [2.75, 3.05) is 6.54 Å². The zero-order valence-corrected chi connectivity index (χ0v) is 13.7. The third-order valence-electron chi connectivity index (χ3n) is 4.41. The van der Waals surface area contributed by atoms with Gasteiger partial charge in [0.15, 0.2) is 0 Å². The van der Waals surface area contributed by atoms with Crippen molar-refractivity contribution in [2.45, 2.75) is 38.3 Å². The molecule has 2 aromatic rings. The lowest BCUT2D eigenvalue weighted by Crippen LogP contribution is -2.51. The number of amides is 1. The number of piperidine rings is 1. The maximum absolute atomic E-state index is 12.8. The SMILES string of the molecule is CC(N)C1CCCCN1C(=O)c1ccc2ccccc2c1.Cl. The average Bonchev–Trinajstić information content (AvgIpc) is 2.53. The summed E-state index contributed by atoms with van der Waals surface area (Å²) >= 11 is 0. The molecule has 4 heteroatoms. The first kappa shape index (κ1) is 16.8. The van der Waals surface area contributed by atoms with Gasteiger partial charge in [0.05, 0.1) is 0 Å². The van der Waals surface area contributed by atoms with Gasteiger partial charge in [0.25, 0.3) is 5.91 Å². The summed E-state index contributed by atoms with van der Waals surface area (Å²) in [6.45, 7) is 2.81. The molecule has 1 aliphatic rings. The molecule has 22 heavy (non-hydrogen) atoms. The highest BCUT2D eigenvalue weighted by Crippen LogP contribution is 2.23. The van der Waals surface area contributed by atoms with Gasteiger partial charge in [0, 0.05) is 24.2 Å². The molecule has 3 nitrogen and oxygen atoms in total. The highest BCUT2D eigenvalue weighted by Gasteiger charge is 2.29. The van der Waals surface area contributed by atoms with Crippen LogP contribution in [0, 0.1) is 0 Å². The maximum atomic E-state index is 12.8. The Morgan fingerprint density at radius 1 is 1.18 bits per heavy atom. The summed E-state index contributed by atoms with van der Waals surface area (Å²) in [6.07, 6.45) is 3.24. The minimum atomic E-state index is 0. The van der Waals surface area contributed by atoms with E-state index in [-0.39, 0.29) is 30.4 Å². The van der Waals surface area contributed by atoms with E-state index in [0.717, 1.165) is 42.1 Å². The predicted molar refractivity (Wildman–Crippen MR) is 93.5 cm³/mol. The third kappa shape index (κ3) is 3.26. The second kappa shape index (κ2) is 7.12. The molecule has 0 bridgehead atoms. The highest BCUT2D eigenvalue weighted by molar-refractivity contribution is 5.98. The first-order valence-electron chi connectivity index (χ1n) is 7.72. The average molecular weight is 319 g/mol. The fourth-order valence-corrected chi connectivity index (χ4v) is 3.24. The van der Waals surface area contributed by atoms with Gasteiger partial charge in [-0.3, -0.25) is 4.79 Å². The number of nitrogens with zero attached hydrogens (tertiary/aromatic N) is 1. The van der Waals surface area contributed by atoms with E-state index in [1.54, 1.807) is 0 Å². The summed E-state index contributed by atoms with van der Waals surface area (Å²) in [4.78, 5) is 14.8. The summed E-state index contributed by atoms with van der Waals surface area (Å²) < 4.78 is 0. The second-order valence-electron chi connectivity index (χ2n) is 5.98. The minimum absolute atomic E-state index is 0. The van der Waals surface area contributed by atoms with Gasteiger partial charge in [-0.05, 0) is 49.1 Å². The van der Waals surface area contributed by atoms with Gasteiger partial charge in [-0.2, -0.15) is 0 Å². The number of hydrogen-bond acceptors (Lipinski definition) is 2. The van der Waals surface area contributed by atoms with Crippen LogP contribution in [0.5, 0.6) is 0 Å². The Hall–Kier alpha value is -1.58. The van der Waals surface area contributed by atoms with Gasteiger partial charge < -0.3 is 10.6 Å². The van der Waals surface area contributed by atoms with E-state index >= 15 is 0 Å². The summed E-state index contributed by atoms with van der Waals surface area (Å²) in [6, 6.07) is 14.3. The molecule has 0 spiro atoms. The molecule has 3 rings (SSSR count). The monoisotopic (exact) mass is 318 g/mol. The Balaban J connectivity index is 0.00000176. The number of benzene rings is 2. The minimum Gasteiger partial charge on any atom is -0.334 e. The molecule has 2 aromatic carbocycles. The number of rotatable bonds is 2. The molecule has 2 N–H and O–H groups in total. The summed E-state index contributed by atoms with van der Waals surface area (Å²) in [7, 11) is 0. The molecule has 118 valence electrons. The molecule has 1 heterocycles. The molecular weight excluding hydrogens is 296 g/mol. The Bertz CT molecular complexity index is 656. The van der Waals surface area contributed by atoms with E-state index in [9.17, 15) is 4.79 Å². The van der Waals surface area contributed by atoms with Crippen LogP contribution in [0.4, 0.5) is 0 Å². The number of halogens is 1. The molecule has 1 aliphatic heterocycles. The molecule has 1 fully saturated rings. The molecule has 0 saturated carbocycles. The van der Waals surface area contributed by atoms with Crippen LogP contribution in [0.2, 0.25) is 0 Å². The maximum Gasteiger partial charge on any atom is 0.254 e. The van der Waals surface area contributed by atoms with E-state index in [1.807, 2.05) is 48.2 Å². The largest absolute Gasteiger partial charge is 0.334 e. The number of carbonyl (C=O) groups is 1. The van der Waals surface area contributed by atoms with E-state index in [2.05, 4.69) is 6.07 Å². The molecular formula is C18H23ClN2O. The van der Waals surface area contributed by atoms with Crippen LogP contribution in [0.1, 0.15) is 36.5 Å². The second-order valence-corrected chi connectivity index (χ2v) is 5.98. The Morgan fingerprint density at radius 2 is 1.91 bits per heavy atom. The Morgan fingerprint density at radius 3 is 2.64 bits per heavy atom. The topological polar surface area (TPSA) is 46.3 Å². The van der Waals surface area contributed by atoms with Crippen molar-refractivity contribution < 1.29 is 4.79 Å². The summed E-state index contributed by atoms with van der Waals surface area (Å²) in [5.74, 6) is 0.114. The molecule has 0 aromatic heterocycles. The summed E-state index contributed by atoms with van der Waals surface area (Å²) in [5.41, 5.74) is 6.84. The van der Waals surface area contributed by atoms with E-state index in [4.69, 9.17) is 5.73 Å². The number of hydrogen-bond donors (Lipinski definition) is 1. The van der Waals surface area contributed by atoms with Crippen molar-refractivity contribution >= 4 is 29.1 Å². The van der Waals surface area contributed by atoms with Gasteiger partial charge in [-0.25, -0.2) is 0 Å². The van der Waals surface area contributed by atoms with Crippen molar-refractivity contribution in [3.63, 3.8) is 0 Å². The summed E-state index contributed by atoms with van der Waals surface area (Å²) in [5, 5.41) is 2.27. The van der Waals surface area contributed by atoms with Crippen LogP contribution in [-0.4, -0.2) is 29.4 Å². The Labute approximate surface area is 137 Å². The van der Waals surface area contributed by atoms with Gasteiger partial charge in [-0.15, -0.1) is 12.4 Å². The molecule has 2 atom stereocenters. The van der Waals surface area contributed by atoms with Gasteiger partial charge in [-0.1, -0.05) is 30.3 Å². The lowest BCUT2D eigenvalue weighted by atomic mass is 9.95. The van der Waals surface area contributed by atoms with Crippen LogP contribution in [0.15, 0.2) is 42.5 Å². The molecule has 1 amide bonds. The van der Waals surface area contributed by atoms with Gasteiger partial charge in [0.1, 0.15) is 0 Å². The van der Waals surface area contributed by atoms with E-state index < -0.39 is 0 Å². The number of likely N-dealkylation sites (tertiary alicyclic amines) is 1. The lowest BCUT2D eigenvalue weighted by Gasteiger charge is -2.38. The van der Waals surface area contributed by atoms with Crippen LogP contribution >= 0.6 is 12.4 Å². The number of nitrogens with two attached hydrogens (primary N) is 1. The van der Waals surface area contributed by atoms with Crippen molar-refractivity contribution in [1.29, 1.82) is 0 Å². The van der Waals surface area contributed by atoms with Crippen LogP contribution in [0.25, 0.3) is 10.8 Å². The fraction of sp³-hybridized carbons (Fsp3) is 0.389. The van der Waals surface area contributed by atoms with Gasteiger partial charge in [0.2, 0.25) is 0 Å². The van der Waals surface area contributed by atoms with Gasteiger partial charge >= 0.3 is 0 Å². The van der Waals surface area contributed by atoms with Crippen molar-refractivity contribution in [3.05, 3.63) is 48.0 Å². The lowest BCUT2D eigenvalue weighted by molar-refractivity contribution is 0.0584. The number of fused-ring (bicyclic) bond motifs is 1. The van der Waals surface area contributed by atoms with Crippen molar-refractivity contribution in [2.24, 2.45) is 5.73 Å². The number of carbonyl (C=O) groups excluding carboxylic acids is 1. The normalized spacial score (nSPS) is 19.5. The first-order valence-corrected chi connectivity index (χ1v) is 7.72. The van der Waals surface area contributed by atoms with E-state index in [0.29, 0.717) is 0 Å². The van der Waals surface area contributed by atoms with Crippen LogP contribution < -0.4 is 5.73 Å². The fourth-order valence-electron chi connectivity index (χ4n) is 3.24. The highest BCUT2D eigenvalue weighted by atomic mass is 35.5. The molecule has 2 unspecified atom stereocenters. The smallest absolute Gasteiger partial charge is 0.254 e. The molecule has 1 saturated heterocycles. The van der Waals surface area contributed by atoms with Crippen LogP contribution in [0.3, 0.4) is 0 Å². The van der Waals surface area contributed by atoms with Crippen LogP contribution in [-0.2, 0) is 0 Å². The standard InChI is InChI=1S/C18H22N2O.ClH/c1-13(19)17-8-4-5-11-20(17)18(21)16-10-9-14-6-2-3-7-15(14)12-16;/h2-3,6-7,9-10,12-13,17H,4-5,8,11,19H2,1H3;1H.